The average Bonchev–Trinajstić information content (AvgIpc) is 2.77. The van der Waals surface area contributed by atoms with Crippen molar-refractivity contribution in [2.45, 2.75) is 19.3 Å². The van der Waals surface area contributed by atoms with Crippen LogP contribution in [0.25, 0.3) is 0 Å². The van der Waals surface area contributed by atoms with Gasteiger partial charge < -0.3 is 14.2 Å². The number of ether oxygens (including phenoxy) is 3. The third-order valence-electron chi connectivity index (χ3n) is 4.95. The fraction of sp³-hybridized carbons (Fsp3) is 0.250. The molecule has 11 heteroatoms. The average molecular weight is 634 g/mol. The maximum atomic E-state index is 9.87. The van der Waals surface area contributed by atoms with Crippen LogP contribution in [0.5, 0.6) is 17.2 Å². The number of benzene rings is 3. The molecule has 0 spiro atoms. The van der Waals surface area contributed by atoms with Gasteiger partial charge in [0.25, 0.3) is 0 Å². The standard InChI is InChI=1S/C24H26IO3.F6P/c1-24(2,17-6-11-20(26-3)12-7-17)18-8-15-23(28-5)22(16-18)25-19-9-13-21(27-4)14-10-19;1-7(2,3,4,5)6/h6-16H,1-5H3;/q+1;-1. The van der Waals surface area contributed by atoms with Gasteiger partial charge in [0.1, 0.15) is 11.5 Å². The number of methoxy groups -OCH3 is 3. The van der Waals surface area contributed by atoms with E-state index in [0.29, 0.717) is 0 Å². The van der Waals surface area contributed by atoms with Crippen molar-refractivity contribution in [2.24, 2.45) is 0 Å². The quantitative estimate of drug-likeness (QED) is 0.194. The molecule has 0 unspecified atom stereocenters. The summed E-state index contributed by atoms with van der Waals surface area (Å²) in [6.45, 7) is 4.51. The summed E-state index contributed by atoms with van der Waals surface area (Å²) in [4.78, 5) is 0. The molecule has 35 heavy (non-hydrogen) atoms. The molecule has 0 aliphatic carbocycles. The zero-order valence-corrected chi connectivity index (χ0v) is 22.7. The summed E-state index contributed by atoms with van der Waals surface area (Å²) < 4.78 is 78.0. The summed E-state index contributed by atoms with van der Waals surface area (Å²) in [6, 6.07) is 23.2. The molecule has 3 rings (SSSR count). The van der Waals surface area contributed by atoms with Crippen LogP contribution in [0.3, 0.4) is 0 Å². The van der Waals surface area contributed by atoms with Crippen LogP contribution in [-0.2, 0) is 5.41 Å². The Morgan fingerprint density at radius 3 is 1.49 bits per heavy atom. The predicted octanol–water partition coefficient (Wildman–Crippen LogP) is 5.55. The van der Waals surface area contributed by atoms with Gasteiger partial charge in [0.15, 0.2) is 9.32 Å². The molecule has 0 aliphatic rings. The fourth-order valence-corrected chi connectivity index (χ4v) is 5.60. The molecule has 0 saturated heterocycles. The molecule has 0 saturated carbocycles. The van der Waals surface area contributed by atoms with Gasteiger partial charge in [-0.2, -0.15) is 0 Å². The molecular weight excluding hydrogens is 608 g/mol. The third-order valence-corrected chi connectivity index (χ3v) is 7.71. The van der Waals surface area contributed by atoms with E-state index < -0.39 is 7.81 Å². The second-order valence-electron chi connectivity index (χ2n) is 7.91. The second kappa shape index (κ2) is 10.0. The van der Waals surface area contributed by atoms with Gasteiger partial charge in [0.2, 0.25) is 3.57 Å². The zero-order chi connectivity index (χ0) is 26.6. The summed E-state index contributed by atoms with van der Waals surface area (Å²) in [5.74, 6) is 2.72. The van der Waals surface area contributed by atoms with Crippen LogP contribution in [0.4, 0.5) is 25.2 Å². The van der Waals surface area contributed by atoms with Gasteiger partial charge in [0.05, 0.1) is 21.3 Å². The molecule has 0 aromatic heterocycles. The molecule has 0 N–H and O–H groups in total. The normalized spacial score (nSPS) is 13.6. The Kier molecular flexibility index (Phi) is 8.33. The molecule has 0 radical (unpaired) electrons. The summed E-state index contributed by atoms with van der Waals surface area (Å²) in [5.41, 5.74) is 2.42. The first-order valence-corrected chi connectivity index (χ1v) is 14.3. The van der Waals surface area contributed by atoms with Crippen LogP contribution in [0.1, 0.15) is 25.0 Å². The van der Waals surface area contributed by atoms with Crippen molar-refractivity contribution in [3.05, 3.63) is 85.0 Å². The van der Waals surface area contributed by atoms with Crippen LogP contribution in [-0.4, -0.2) is 21.3 Å². The number of rotatable bonds is 7. The van der Waals surface area contributed by atoms with Crippen molar-refractivity contribution in [1.82, 2.24) is 0 Å². The van der Waals surface area contributed by atoms with E-state index >= 15 is 0 Å². The van der Waals surface area contributed by atoms with Crippen molar-refractivity contribution in [2.75, 3.05) is 21.3 Å². The first-order chi connectivity index (χ1) is 15.9. The van der Waals surface area contributed by atoms with Crippen LogP contribution < -0.4 is 35.4 Å². The van der Waals surface area contributed by atoms with Crippen LogP contribution in [0.2, 0.25) is 0 Å². The van der Waals surface area contributed by atoms with Gasteiger partial charge in [-0.15, -0.1) is 0 Å². The van der Waals surface area contributed by atoms with E-state index in [2.05, 4.69) is 56.3 Å². The molecule has 3 aromatic carbocycles. The summed E-state index contributed by atoms with van der Waals surface area (Å²) in [6.07, 6.45) is 0. The van der Waals surface area contributed by atoms with E-state index in [0.717, 1.165) is 17.2 Å². The Labute approximate surface area is 210 Å². The van der Waals surface area contributed by atoms with E-state index in [1.54, 1.807) is 21.3 Å². The first kappa shape index (κ1) is 29.0. The fourth-order valence-electron chi connectivity index (χ4n) is 3.05. The molecule has 0 heterocycles. The van der Waals surface area contributed by atoms with Gasteiger partial charge in [0, 0.05) is 5.41 Å². The topological polar surface area (TPSA) is 27.7 Å². The number of hydrogen-bond donors (Lipinski definition) is 0. The van der Waals surface area contributed by atoms with Gasteiger partial charge in [-0.1, -0.05) is 32.0 Å². The van der Waals surface area contributed by atoms with Crippen molar-refractivity contribution >= 4 is 7.81 Å². The zero-order valence-electron chi connectivity index (χ0n) is 19.7. The summed E-state index contributed by atoms with van der Waals surface area (Å²) >= 11 is -0.361. The molecule has 3 aromatic rings. The van der Waals surface area contributed by atoms with Crippen molar-refractivity contribution < 1.29 is 60.6 Å². The Hall–Kier alpha value is -2.20. The van der Waals surface area contributed by atoms with Gasteiger partial charge >= 0.3 is 54.2 Å². The van der Waals surface area contributed by atoms with Crippen molar-refractivity contribution in [1.29, 1.82) is 0 Å². The Bertz CT molecular complexity index is 1120. The predicted molar refractivity (Wildman–Crippen MR) is 122 cm³/mol. The van der Waals surface area contributed by atoms with E-state index in [-0.39, 0.29) is 26.6 Å². The Morgan fingerprint density at radius 2 is 1.06 bits per heavy atom. The van der Waals surface area contributed by atoms with Crippen LogP contribution in [0.15, 0.2) is 66.7 Å². The van der Waals surface area contributed by atoms with Crippen molar-refractivity contribution in [3.63, 3.8) is 0 Å². The van der Waals surface area contributed by atoms with E-state index in [1.165, 1.54) is 18.3 Å². The molecule has 3 nitrogen and oxygen atoms in total. The molecule has 0 aliphatic heterocycles. The number of hydrogen-bond acceptors (Lipinski definition) is 3. The maximum absolute atomic E-state index is 10.7. The molecule has 0 bridgehead atoms. The van der Waals surface area contributed by atoms with E-state index in [1.807, 2.05) is 24.3 Å². The summed E-state index contributed by atoms with van der Waals surface area (Å²) in [7, 11) is -5.53. The van der Waals surface area contributed by atoms with E-state index in [4.69, 9.17) is 14.2 Å². The Balaban J connectivity index is 0.000000540. The van der Waals surface area contributed by atoms with Gasteiger partial charge in [-0.05, 0) is 59.7 Å². The van der Waals surface area contributed by atoms with E-state index in [9.17, 15) is 25.2 Å². The van der Waals surface area contributed by atoms with Crippen LogP contribution >= 0.6 is 7.81 Å². The molecular formula is C24H26F6IO3P. The Morgan fingerprint density at radius 1 is 0.629 bits per heavy atom. The minimum atomic E-state index is -10.7. The minimum absolute atomic E-state index is 0.114. The summed E-state index contributed by atoms with van der Waals surface area (Å²) in [5, 5.41) is 0. The van der Waals surface area contributed by atoms with Crippen molar-refractivity contribution in [3.8, 4) is 17.2 Å². The molecule has 0 atom stereocenters. The van der Waals surface area contributed by atoms with Crippen LogP contribution in [0, 0.1) is 7.14 Å². The molecule has 0 fully saturated rings. The second-order valence-corrected chi connectivity index (χ2v) is 12.8. The SMILES string of the molecule is COc1ccc([I+]c2cc(C(C)(C)c3ccc(OC)cc3)ccc2OC)cc1.F[P-](F)(F)(F)(F)F. The number of halogens is 7. The van der Waals surface area contributed by atoms with Gasteiger partial charge in [-0.3, -0.25) is 0 Å². The third kappa shape index (κ3) is 10.1. The molecule has 194 valence electrons. The first-order valence-electron chi connectivity index (χ1n) is 10.1. The monoisotopic (exact) mass is 634 g/mol. The molecule has 0 amide bonds. The van der Waals surface area contributed by atoms with Gasteiger partial charge in [-0.25, -0.2) is 0 Å².